The summed E-state index contributed by atoms with van der Waals surface area (Å²) in [5.74, 6) is 0.790. The van der Waals surface area contributed by atoms with E-state index in [2.05, 4.69) is 12.2 Å². The van der Waals surface area contributed by atoms with E-state index >= 15 is 0 Å². The predicted molar refractivity (Wildman–Crippen MR) is 110 cm³/mol. The lowest BCUT2D eigenvalue weighted by Gasteiger charge is -2.28. The minimum absolute atomic E-state index is 0.00913. The summed E-state index contributed by atoms with van der Waals surface area (Å²) in [6, 6.07) is 6.59. The number of unbranched alkanes of at least 4 members (excludes halogenated alkanes) is 1. The highest BCUT2D eigenvalue weighted by Gasteiger charge is 2.28. The topological polar surface area (TPSA) is 75.7 Å². The Bertz CT molecular complexity index is 751. The number of anilines is 1. The van der Waals surface area contributed by atoms with Crippen LogP contribution in [0, 0.1) is 11.8 Å². The lowest BCUT2D eigenvalue weighted by Crippen LogP contribution is -2.40. The van der Waals surface area contributed by atoms with E-state index in [1.165, 1.54) is 23.6 Å². The van der Waals surface area contributed by atoms with E-state index < -0.39 is 10.0 Å². The van der Waals surface area contributed by atoms with E-state index in [-0.39, 0.29) is 16.7 Å². The van der Waals surface area contributed by atoms with Crippen molar-refractivity contribution in [1.29, 1.82) is 0 Å². The molecule has 2 fully saturated rings. The van der Waals surface area contributed by atoms with Crippen LogP contribution < -0.4 is 5.32 Å². The summed E-state index contributed by atoms with van der Waals surface area (Å²) in [6.07, 6.45) is 7.84. The van der Waals surface area contributed by atoms with Gasteiger partial charge < -0.3 is 10.1 Å². The number of benzene rings is 1. The zero-order valence-corrected chi connectivity index (χ0v) is 17.5. The fourth-order valence-corrected chi connectivity index (χ4v) is 5.58. The van der Waals surface area contributed by atoms with Crippen LogP contribution in [0.5, 0.6) is 0 Å². The van der Waals surface area contributed by atoms with Crippen molar-refractivity contribution in [3.8, 4) is 0 Å². The van der Waals surface area contributed by atoms with Gasteiger partial charge in [-0.3, -0.25) is 4.79 Å². The molecule has 0 radical (unpaired) electrons. The van der Waals surface area contributed by atoms with E-state index in [1.54, 1.807) is 24.3 Å². The van der Waals surface area contributed by atoms with Gasteiger partial charge >= 0.3 is 0 Å². The minimum atomic E-state index is -3.56. The Morgan fingerprint density at radius 1 is 1.18 bits per heavy atom. The van der Waals surface area contributed by atoms with Crippen LogP contribution in [0.2, 0.25) is 0 Å². The fourth-order valence-electron chi connectivity index (χ4n) is 4.12. The van der Waals surface area contributed by atoms with Gasteiger partial charge in [0.05, 0.1) is 18.1 Å². The summed E-state index contributed by atoms with van der Waals surface area (Å²) >= 11 is 0. The molecule has 2 aliphatic rings. The van der Waals surface area contributed by atoms with Gasteiger partial charge in [0.1, 0.15) is 0 Å². The molecule has 1 aliphatic carbocycles. The average Bonchev–Trinajstić information content (AvgIpc) is 2.73. The van der Waals surface area contributed by atoms with Crippen LogP contribution in [0.25, 0.3) is 0 Å². The zero-order chi connectivity index (χ0) is 20.0. The van der Waals surface area contributed by atoms with Gasteiger partial charge in [-0.2, -0.15) is 4.31 Å². The standard InChI is InChI=1S/C21H32N2O4S/c1-2-3-5-17-8-10-18(11-9-17)21(24)22-19-6-4-7-20(16-19)28(25,26)23-12-14-27-15-13-23/h4,6-7,16-18H,2-3,5,8-15H2,1H3,(H,22,24). The van der Waals surface area contributed by atoms with E-state index in [0.29, 0.717) is 32.0 Å². The van der Waals surface area contributed by atoms with Crippen LogP contribution in [0.4, 0.5) is 5.69 Å². The molecule has 0 aromatic heterocycles. The van der Waals surface area contributed by atoms with Crippen molar-refractivity contribution in [2.24, 2.45) is 11.8 Å². The second kappa shape index (κ2) is 9.85. The first-order chi connectivity index (χ1) is 13.5. The van der Waals surface area contributed by atoms with Crippen LogP contribution in [0.1, 0.15) is 51.9 Å². The first kappa shape index (κ1) is 21.3. The fraction of sp³-hybridized carbons (Fsp3) is 0.667. The van der Waals surface area contributed by atoms with Gasteiger partial charge in [0, 0.05) is 24.7 Å². The molecule has 0 bridgehead atoms. The quantitative estimate of drug-likeness (QED) is 0.747. The van der Waals surface area contributed by atoms with Crippen molar-refractivity contribution in [2.75, 3.05) is 31.6 Å². The lowest BCUT2D eigenvalue weighted by atomic mass is 9.79. The molecule has 7 heteroatoms. The Labute approximate surface area is 168 Å². The van der Waals surface area contributed by atoms with E-state index in [9.17, 15) is 13.2 Å². The van der Waals surface area contributed by atoms with E-state index in [1.807, 2.05) is 0 Å². The number of ether oxygens (including phenoxy) is 1. The highest BCUT2D eigenvalue weighted by atomic mass is 32.2. The third-order valence-electron chi connectivity index (χ3n) is 5.89. The molecule has 6 nitrogen and oxygen atoms in total. The molecule has 0 spiro atoms. The van der Waals surface area contributed by atoms with Crippen molar-refractivity contribution >= 4 is 21.6 Å². The molecular formula is C21H32N2O4S. The van der Waals surface area contributed by atoms with Gasteiger partial charge in [-0.25, -0.2) is 8.42 Å². The molecule has 1 amide bonds. The van der Waals surface area contributed by atoms with Crippen LogP contribution in [-0.4, -0.2) is 44.9 Å². The molecule has 1 aliphatic heterocycles. The molecule has 0 unspecified atom stereocenters. The second-order valence-corrected chi connectivity index (χ2v) is 9.83. The molecule has 0 atom stereocenters. The Balaban J connectivity index is 1.59. The van der Waals surface area contributed by atoms with Crippen LogP contribution >= 0.6 is 0 Å². The number of hydrogen-bond donors (Lipinski definition) is 1. The maximum atomic E-state index is 12.8. The highest BCUT2D eigenvalue weighted by molar-refractivity contribution is 7.89. The smallest absolute Gasteiger partial charge is 0.243 e. The van der Waals surface area contributed by atoms with Gasteiger partial charge in [0.2, 0.25) is 15.9 Å². The first-order valence-electron chi connectivity index (χ1n) is 10.5. The molecule has 1 aromatic carbocycles. The number of nitrogens with zero attached hydrogens (tertiary/aromatic N) is 1. The second-order valence-electron chi connectivity index (χ2n) is 7.89. The van der Waals surface area contributed by atoms with Gasteiger partial charge in [0.15, 0.2) is 0 Å². The van der Waals surface area contributed by atoms with Crippen molar-refractivity contribution in [3.63, 3.8) is 0 Å². The summed E-state index contributed by atoms with van der Waals surface area (Å²) in [5.41, 5.74) is 0.549. The highest BCUT2D eigenvalue weighted by Crippen LogP contribution is 2.32. The van der Waals surface area contributed by atoms with Crippen molar-refractivity contribution in [3.05, 3.63) is 24.3 Å². The predicted octanol–water partition coefficient (Wildman–Crippen LogP) is 3.64. The lowest BCUT2D eigenvalue weighted by molar-refractivity contribution is -0.121. The molecule has 28 heavy (non-hydrogen) atoms. The normalized spacial score (nSPS) is 24.0. The third kappa shape index (κ3) is 5.33. The van der Waals surface area contributed by atoms with Crippen LogP contribution in [0.15, 0.2) is 29.2 Å². The van der Waals surface area contributed by atoms with Gasteiger partial charge in [0.25, 0.3) is 0 Å². The average molecular weight is 409 g/mol. The minimum Gasteiger partial charge on any atom is -0.379 e. The Hall–Kier alpha value is -1.44. The van der Waals surface area contributed by atoms with Gasteiger partial charge in [-0.1, -0.05) is 32.3 Å². The number of rotatable bonds is 7. The largest absolute Gasteiger partial charge is 0.379 e. The summed E-state index contributed by atoms with van der Waals surface area (Å²) in [5, 5.41) is 2.94. The summed E-state index contributed by atoms with van der Waals surface area (Å²) in [6.45, 7) is 3.76. The molecule has 1 aromatic rings. The zero-order valence-electron chi connectivity index (χ0n) is 16.7. The maximum absolute atomic E-state index is 12.8. The number of carbonyl (C=O) groups excluding carboxylic acids is 1. The number of hydrogen-bond acceptors (Lipinski definition) is 4. The Morgan fingerprint density at radius 3 is 2.57 bits per heavy atom. The molecule has 1 saturated carbocycles. The first-order valence-corrected chi connectivity index (χ1v) is 11.9. The third-order valence-corrected chi connectivity index (χ3v) is 7.79. The maximum Gasteiger partial charge on any atom is 0.243 e. The number of morpholine rings is 1. The molecule has 1 heterocycles. The number of nitrogens with one attached hydrogen (secondary N) is 1. The SMILES string of the molecule is CCCCC1CCC(C(=O)Nc2cccc(S(=O)(=O)N3CCOCC3)c2)CC1. The van der Waals surface area contributed by atoms with Gasteiger partial charge in [-0.05, 0) is 49.8 Å². The van der Waals surface area contributed by atoms with Crippen LogP contribution in [-0.2, 0) is 19.6 Å². The summed E-state index contributed by atoms with van der Waals surface area (Å²) in [4.78, 5) is 12.9. The Morgan fingerprint density at radius 2 is 1.89 bits per heavy atom. The van der Waals surface area contributed by atoms with Crippen molar-refractivity contribution < 1.29 is 17.9 Å². The molecule has 1 N–H and O–H groups in total. The van der Waals surface area contributed by atoms with E-state index in [0.717, 1.165) is 31.6 Å². The number of sulfonamides is 1. The monoisotopic (exact) mass is 408 g/mol. The summed E-state index contributed by atoms with van der Waals surface area (Å²) in [7, 11) is -3.56. The number of carbonyl (C=O) groups is 1. The van der Waals surface area contributed by atoms with Crippen molar-refractivity contribution in [1.82, 2.24) is 4.31 Å². The Kier molecular flexibility index (Phi) is 7.48. The summed E-state index contributed by atoms with van der Waals surface area (Å²) < 4.78 is 32.3. The van der Waals surface area contributed by atoms with Crippen LogP contribution in [0.3, 0.4) is 0 Å². The van der Waals surface area contributed by atoms with Gasteiger partial charge in [-0.15, -0.1) is 0 Å². The van der Waals surface area contributed by atoms with E-state index in [4.69, 9.17) is 4.74 Å². The molecule has 156 valence electrons. The molecule has 3 rings (SSSR count). The number of amides is 1. The molecular weight excluding hydrogens is 376 g/mol. The van der Waals surface area contributed by atoms with Crippen molar-refractivity contribution in [2.45, 2.75) is 56.8 Å². The molecule has 1 saturated heterocycles.